The molecule has 1 aromatic rings. The Hall–Kier alpha value is -0.780. The van der Waals surface area contributed by atoms with Gasteiger partial charge in [-0.25, -0.2) is 0 Å². The Morgan fingerprint density at radius 1 is 1.00 bits per heavy atom. The summed E-state index contributed by atoms with van der Waals surface area (Å²) < 4.78 is 0. The third-order valence-corrected chi connectivity index (χ3v) is 1.78. The van der Waals surface area contributed by atoms with Crippen LogP contribution in [0.15, 0.2) is 24.3 Å². The summed E-state index contributed by atoms with van der Waals surface area (Å²) in [5.41, 5.74) is 2.91. The van der Waals surface area contributed by atoms with Crippen LogP contribution in [0.3, 0.4) is 0 Å². The predicted octanol–water partition coefficient (Wildman–Crippen LogP) is 4.86. The molecule has 78 valence electrons. The number of rotatable bonds is 2. The summed E-state index contributed by atoms with van der Waals surface area (Å²) in [5.74, 6) is 0. The molecule has 0 N–H and O–H groups in total. The van der Waals surface area contributed by atoms with Crippen molar-refractivity contribution in [1.29, 1.82) is 0 Å². The topological polar surface area (TPSA) is 0 Å². The molecule has 0 unspecified atom stereocenters. The highest BCUT2D eigenvalue weighted by Crippen LogP contribution is 2.08. The van der Waals surface area contributed by atoms with Gasteiger partial charge in [-0.2, -0.15) is 0 Å². The maximum absolute atomic E-state index is 2.21. The van der Waals surface area contributed by atoms with Gasteiger partial charge in [0.2, 0.25) is 0 Å². The van der Waals surface area contributed by atoms with Crippen molar-refractivity contribution in [3.05, 3.63) is 35.4 Å². The van der Waals surface area contributed by atoms with Crippen molar-refractivity contribution in [2.45, 2.75) is 49.0 Å². The molecule has 0 aliphatic carbocycles. The van der Waals surface area contributed by atoms with Crippen molar-refractivity contribution in [1.82, 2.24) is 0 Å². The molecule has 13 heavy (non-hydrogen) atoms. The van der Waals surface area contributed by atoms with Crippen molar-refractivity contribution in [3.8, 4) is 0 Å². The number of hydrogen-bond donors (Lipinski definition) is 0. The van der Waals surface area contributed by atoms with Crippen LogP contribution in [0.5, 0.6) is 0 Å². The van der Waals surface area contributed by atoms with E-state index in [2.05, 4.69) is 38.1 Å². The van der Waals surface area contributed by atoms with Gasteiger partial charge in [0.1, 0.15) is 0 Å². The molecule has 0 aliphatic heterocycles. The Morgan fingerprint density at radius 3 is 2.00 bits per heavy atom. The lowest BCUT2D eigenvalue weighted by Gasteiger charge is -2.01. The summed E-state index contributed by atoms with van der Waals surface area (Å²) in [7, 11) is 0. The molecule has 1 rings (SSSR count). The van der Waals surface area contributed by atoms with Crippen LogP contribution in [-0.4, -0.2) is 0 Å². The Morgan fingerprint density at radius 2 is 1.54 bits per heavy atom. The van der Waals surface area contributed by atoms with Crippen LogP contribution in [-0.2, 0) is 6.42 Å². The van der Waals surface area contributed by atoms with Gasteiger partial charge >= 0.3 is 0 Å². The van der Waals surface area contributed by atoms with Crippen LogP contribution in [0.4, 0.5) is 0 Å². The molecule has 0 aromatic heterocycles. The summed E-state index contributed by atoms with van der Waals surface area (Å²) in [6, 6.07) is 8.58. The molecule has 0 atom stereocenters. The van der Waals surface area contributed by atoms with Crippen LogP contribution in [0.2, 0.25) is 0 Å². The Bertz CT molecular complexity index is 201. The zero-order valence-electron chi connectivity index (χ0n) is 6.72. The van der Waals surface area contributed by atoms with E-state index in [9.17, 15) is 0 Å². The molecule has 0 nitrogen and oxygen atoms in total. The minimum atomic E-state index is 0. The fraction of sp³-hybridized carbons (Fsp3) is 0.538. The lowest BCUT2D eigenvalue weighted by atomic mass is 10.1. The van der Waals surface area contributed by atoms with Gasteiger partial charge in [-0.3, -0.25) is 0 Å². The molecular weight excluding hydrogens is 156 g/mol. The van der Waals surface area contributed by atoms with Gasteiger partial charge in [0.25, 0.3) is 0 Å². The standard InChI is InChI=1S/C10H14.3CH4/c1-3-6-10-8-5-4-7-9(10)2;;;/h4-5,7-8H,3,6H2,1-2H3;3*1H4. The number of hydrogen-bond acceptors (Lipinski definition) is 0. The average molecular weight is 182 g/mol. The zero-order chi connectivity index (χ0) is 7.40. The quantitative estimate of drug-likeness (QED) is 0.613. The lowest BCUT2D eigenvalue weighted by Crippen LogP contribution is -1.85. The minimum Gasteiger partial charge on any atom is -0.0776 e. The van der Waals surface area contributed by atoms with Gasteiger partial charge in [0.15, 0.2) is 0 Å². The molecular formula is C13H26. The molecule has 0 aliphatic rings. The normalized spacial score (nSPS) is 7.54. The largest absolute Gasteiger partial charge is 0.0776 e. The van der Waals surface area contributed by atoms with E-state index in [4.69, 9.17) is 0 Å². The predicted molar refractivity (Wildman–Crippen MR) is 65.4 cm³/mol. The number of benzene rings is 1. The molecule has 1 aromatic carbocycles. The molecule has 0 spiro atoms. The first-order chi connectivity index (χ1) is 4.84. The molecule has 0 bridgehead atoms. The monoisotopic (exact) mass is 182 g/mol. The summed E-state index contributed by atoms with van der Waals surface area (Å²) in [6.07, 6.45) is 2.46. The first-order valence-corrected chi connectivity index (χ1v) is 3.89. The van der Waals surface area contributed by atoms with Crippen molar-refractivity contribution in [3.63, 3.8) is 0 Å². The second kappa shape index (κ2) is 9.31. The average Bonchev–Trinajstić information content (AvgIpc) is 1.94. The van der Waals surface area contributed by atoms with E-state index >= 15 is 0 Å². The third kappa shape index (κ3) is 5.46. The minimum absolute atomic E-state index is 0. The van der Waals surface area contributed by atoms with Crippen LogP contribution in [0.1, 0.15) is 46.8 Å². The van der Waals surface area contributed by atoms with Gasteiger partial charge in [-0.15, -0.1) is 0 Å². The third-order valence-electron chi connectivity index (χ3n) is 1.78. The van der Waals surface area contributed by atoms with Crippen molar-refractivity contribution >= 4 is 0 Å². The van der Waals surface area contributed by atoms with Gasteiger partial charge in [-0.05, 0) is 24.5 Å². The zero-order valence-corrected chi connectivity index (χ0v) is 6.72. The highest BCUT2D eigenvalue weighted by Gasteiger charge is 1.92. The van der Waals surface area contributed by atoms with E-state index < -0.39 is 0 Å². The molecule has 0 heteroatoms. The highest BCUT2D eigenvalue weighted by molar-refractivity contribution is 5.25. The van der Waals surface area contributed by atoms with Gasteiger partial charge < -0.3 is 0 Å². The fourth-order valence-corrected chi connectivity index (χ4v) is 1.16. The van der Waals surface area contributed by atoms with Gasteiger partial charge in [0.05, 0.1) is 0 Å². The van der Waals surface area contributed by atoms with E-state index in [-0.39, 0.29) is 22.3 Å². The lowest BCUT2D eigenvalue weighted by molar-refractivity contribution is 0.913. The van der Waals surface area contributed by atoms with Gasteiger partial charge in [-0.1, -0.05) is 59.9 Å². The second-order valence-electron chi connectivity index (χ2n) is 2.68. The van der Waals surface area contributed by atoms with Crippen LogP contribution < -0.4 is 0 Å². The van der Waals surface area contributed by atoms with Crippen molar-refractivity contribution < 1.29 is 0 Å². The summed E-state index contributed by atoms with van der Waals surface area (Å²) >= 11 is 0. The first kappa shape index (κ1) is 18.1. The molecule has 0 fully saturated rings. The van der Waals surface area contributed by atoms with E-state index in [1.54, 1.807) is 0 Å². The Labute approximate surface area is 85.0 Å². The summed E-state index contributed by atoms with van der Waals surface area (Å²) in [5, 5.41) is 0. The smallest absolute Gasteiger partial charge is 0.0279 e. The van der Waals surface area contributed by atoms with Crippen LogP contribution in [0, 0.1) is 6.92 Å². The summed E-state index contributed by atoms with van der Waals surface area (Å²) in [6.45, 7) is 4.39. The maximum atomic E-state index is 2.21. The SMILES string of the molecule is C.C.C.CCCc1ccccc1C. The molecule has 0 saturated carbocycles. The van der Waals surface area contributed by atoms with Crippen LogP contribution >= 0.6 is 0 Å². The second-order valence-corrected chi connectivity index (χ2v) is 2.68. The fourth-order valence-electron chi connectivity index (χ4n) is 1.16. The molecule has 0 amide bonds. The number of aryl methyl sites for hydroxylation is 2. The molecule has 0 saturated heterocycles. The van der Waals surface area contributed by atoms with Gasteiger partial charge in [0, 0.05) is 0 Å². The van der Waals surface area contributed by atoms with E-state index in [1.807, 2.05) is 0 Å². The Balaban J connectivity index is -0.000000333. The first-order valence-electron chi connectivity index (χ1n) is 3.89. The van der Waals surface area contributed by atoms with Crippen LogP contribution in [0.25, 0.3) is 0 Å². The van der Waals surface area contributed by atoms with Crippen molar-refractivity contribution in [2.75, 3.05) is 0 Å². The van der Waals surface area contributed by atoms with Crippen molar-refractivity contribution in [2.24, 2.45) is 0 Å². The summed E-state index contributed by atoms with van der Waals surface area (Å²) in [4.78, 5) is 0. The van der Waals surface area contributed by atoms with E-state index in [1.165, 1.54) is 24.0 Å². The maximum Gasteiger partial charge on any atom is -0.0279 e. The Kier molecular flexibility index (Phi) is 13.0. The molecule has 0 radical (unpaired) electrons. The molecule has 0 heterocycles. The van der Waals surface area contributed by atoms with E-state index in [0.717, 1.165) is 0 Å². The van der Waals surface area contributed by atoms with E-state index in [0.29, 0.717) is 0 Å². The highest BCUT2D eigenvalue weighted by atomic mass is 14.0.